The molecule has 0 aliphatic carbocycles. The van der Waals surface area contributed by atoms with E-state index in [1.807, 2.05) is 12.1 Å². The summed E-state index contributed by atoms with van der Waals surface area (Å²) in [5.74, 6) is 0.253. The largest absolute Gasteiger partial charge is 0.497 e. The highest BCUT2D eigenvalue weighted by molar-refractivity contribution is 7.92. The number of anilines is 2. The molecule has 1 fully saturated rings. The molecule has 1 N–H and O–H groups in total. The second-order valence-corrected chi connectivity index (χ2v) is 9.72. The summed E-state index contributed by atoms with van der Waals surface area (Å²) in [6.45, 7) is 4.09. The van der Waals surface area contributed by atoms with E-state index in [0.29, 0.717) is 18.0 Å². The van der Waals surface area contributed by atoms with Gasteiger partial charge in [0.15, 0.2) is 0 Å². The van der Waals surface area contributed by atoms with Crippen LogP contribution in [0, 0.1) is 0 Å². The lowest BCUT2D eigenvalue weighted by molar-refractivity contribution is -0.122. The quantitative estimate of drug-likeness (QED) is 0.675. The molecular formula is C23H31N3O4S. The summed E-state index contributed by atoms with van der Waals surface area (Å²) >= 11 is 0. The van der Waals surface area contributed by atoms with E-state index in [-0.39, 0.29) is 5.91 Å². The first kappa shape index (κ1) is 22.9. The van der Waals surface area contributed by atoms with E-state index >= 15 is 0 Å². The van der Waals surface area contributed by atoms with Gasteiger partial charge in [-0.3, -0.25) is 9.10 Å². The van der Waals surface area contributed by atoms with Crippen LogP contribution in [0.15, 0.2) is 48.5 Å². The summed E-state index contributed by atoms with van der Waals surface area (Å²) in [7, 11) is -2.12. The molecule has 0 bridgehead atoms. The SMILES string of the molecule is COc1ccc(N([C@@H](C)C(=O)NCc2ccc(N3CCCCC3)cc2)S(C)(=O)=O)cc1. The number of nitrogens with one attached hydrogen (secondary N) is 1. The van der Waals surface area contributed by atoms with Gasteiger partial charge in [-0.05, 0) is 68.1 Å². The summed E-state index contributed by atoms with van der Waals surface area (Å²) in [4.78, 5) is 15.1. The smallest absolute Gasteiger partial charge is 0.243 e. The van der Waals surface area contributed by atoms with Crippen LogP contribution in [0.2, 0.25) is 0 Å². The highest BCUT2D eigenvalue weighted by Gasteiger charge is 2.29. The molecule has 0 saturated carbocycles. The number of nitrogens with zero attached hydrogens (tertiary/aromatic N) is 2. The van der Waals surface area contributed by atoms with Crippen LogP contribution in [0.5, 0.6) is 5.75 Å². The van der Waals surface area contributed by atoms with Gasteiger partial charge < -0.3 is 15.0 Å². The molecule has 31 heavy (non-hydrogen) atoms. The molecule has 1 aliphatic rings. The van der Waals surface area contributed by atoms with Crippen molar-refractivity contribution >= 4 is 27.3 Å². The van der Waals surface area contributed by atoms with Crippen LogP contribution in [0.1, 0.15) is 31.7 Å². The monoisotopic (exact) mass is 445 g/mol. The highest BCUT2D eigenvalue weighted by Crippen LogP contribution is 2.24. The standard InChI is InChI=1S/C23H31N3O4S/c1-18(26(31(3,28)29)21-11-13-22(30-2)14-12-21)23(27)24-17-19-7-9-20(10-8-19)25-15-5-4-6-16-25/h7-14,18H,4-6,15-17H2,1-3H3,(H,24,27)/t18-/m0/s1. The Morgan fingerprint density at radius 3 is 2.23 bits per heavy atom. The number of carbonyl (C=O) groups is 1. The fraction of sp³-hybridized carbons (Fsp3) is 0.435. The molecule has 0 spiro atoms. The van der Waals surface area contributed by atoms with Gasteiger partial charge in [0, 0.05) is 25.3 Å². The van der Waals surface area contributed by atoms with Gasteiger partial charge >= 0.3 is 0 Å². The van der Waals surface area contributed by atoms with Crippen molar-refractivity contribution in [1.82, 2.24) is 5.32 Å². The van der Waals surface area contributed by atoms with Gasteiger partial charge in [-0.2, -0.15) is 0 Å². The third-order valence-corrected chi connectivity index (χ3v) is 6.78. The predicted octanol–water partition coefficient (Wildman–Crippen LogP) is 3.16. The Bertz CT molecular complexity index is 969. The molecule has 8 heteroatoms. The number of amides is 1. The molecule has 1 aliphatic heterocycles. The van der Waals surface area contributed by atoms with E-state index in [2.05, 4.69) is 22.3 Å². The molecule has 7 nitrogen and oxygen atoms in total. The summed E-state index contributed by atoms with van der Waals surface area (Å²) in [6, 6.07) is 13.9. The number of hydrogen-bond donors (Lipinski definition) is 1. The van der Waals surface area contributed by atoms with Gasteiger partial charge in [-0.15, -0.1) is 0 Å². The van der Waals surface area contributed by atoms with Crippen molar-refractivity contribution in [3.63, 3.8) is 0 Å². The first-order valence-electron chi connectivity index (χ1n) is 10.5. The molecule has 168 valence electrons. The van der Waals surface area contributed by atoms with Gasteiger partial charge in [0.05, 0.1) is 19.1 Å². The molecule has 3 rings (SSSR count). The van der Waals surface area contributed by atoms with E-state index in [9.17, 15) is 13.2 Å². The molecule has 1 atom stereocenters. The maximum absolute atomic E-state index is 12.8. The topological polar surface area (TPSA) is 79.0 Å². The number of benzene rings is 2. The van der Waals surface area contributed by atoms with Crippen LogP contribution in [0.3, 0.4) is 0 Å². The molecule has 2 aromatic rings. The van der Waals surface area contributed by atoms with Crippen LogP contribution in [0.25, 0.3) is 0 Å². The first-order valence-corrected chi connectivity index (χ1v) is 12.4. The van der Waals surface area contributed by atoms with Crippen molar-refractivity contribution in [1.29, 1.82) is 0 Å². The second-order valence-electron chi connectivity index (χ2n) is 7.86. The van der Waals surface area contributed by atoms with Crippen LogP contribution >= 0.6 is 0 Å². The number of carbonyl (C=O) groups excluding carboxylic acids is 1. The number of ether oxygens (including phenoxy) is 1. The minimum Gasteiger partial charge on any atom is -0.497 e. The van der Waals surface area contributed by atoms with Crippen molar-refractivity contribution in [2.24, 2.45) is 0 Å². The van der Waals surface area contributed by atoms with Crippen LogP contribution in [0.4, 0.5) is 11.4 Å². The maximum atomic E-state index is 12.8. The number of hydrogen-bond acceptors (Lipinski definition) is 5. The van der Waals surface area contributed by atoms with Crippen LogP contribution in [-0.4, -0.2) is 46.8 Å². The zero-order valence-corrected chi connectivity index (χ0v) is 19.2. The molecule has 0 unspecified atom stereocenters. The van der Waals surface area contributed by atoms with E-state index < -0.39 is 16.1 Å². The predicted molar refractivity (Wildman–Crippen MR) is 124 cm³/mol. The zero-order chi connectivity index (χ0) is 22.4. The third-order valence-electron chi connectivity index (χ3n) is 5.54. The van der Waals surface area contributed by atoms with Crippen molar-refractivity contribution in [2.45, 2.75) is 38.8 Å². The Balaban J connectivity index is 1.64. The number of piperidine rings is 1. The number of methoxy groups -OCH3 is 1. The van der Waals surface area contributed by atoms with Crippen molar-refractivity contribution in [2.75, 3.05) is 35.7 Å². The van der Waals surface area contributed by atoms with Gasteiger partial charge in [0.25, 0.3) is 0 Å². The van der Waals surface area contributed by atoms with Crippen LogP contribution < -0.4 is 19.3 Å². The molecule has 1 heterocycles. The number of rotatable bonds is 8. The van der Waals surface area contributed by atoms with Crippen molar-refractivity contribution < 1.29 is 17.9 Å². The number of sulfonamides is 1. The minimum atomic E-state index is -3.66. The van der Waals surface area contributed by atoms with Gasteiger partial charge in [-0.25, -0.2) is 8.42 Å². The zero-order valence-electron chi connectivity index (χ0n) is 18.4. The Morgan fingerprint density at radius 2 is 1.68 bits per heavy atom. The summed E-state index contributed by atoms with van der Waals surface area (Å²) in [5.41, 5.74) is 2.58. The van der Waals surface area contributed by atoms with Gasteiger partial charge in [-0.1, -0.05) is 12.1 Å². The fourth-order valence-corrected chi connectivity index (χ4v) is 5.03. The molecular weight excluding hydrogens is 414 g/mol. The Labute approximate surface area is 185 Å². The third kappa shape index (κ3) is 5.91. The van der Waals surface area contributed by atoms with E-state index in [1.54, 1.807) is 38.3 Å². The van der Waals surface area contributed by atoms with E-state index in [0.717, 1.165) is 29.2 Å². The Hall–Kier alpha value is -2.74. The Kier molecular flexibility index (Phi) is 7.43. The summed E-state index contributed by atoms with van der Waals surface area (Å²) in [6.07, 6.45) is 4.83. The van der Waals surface area contributed by atoms with Gasteiger partial charge in [0.1, 0.15) is 11.8 Å². The van der Waals surface area contributed by atoms with Crippen molar-refractivity contribution in [3.8, 4) is 5.75 Å². The fourth-order valence-electron chi connectivity index (χ4n) is 3.85. The lowest BCUT2D eigenvalue weighted by atomic mass is 10.1. The molecule has 1 amide bonds. The molecule has 1 saturated heterocycles. The van der Waals surface area contributed by atoms with Crippen molar-refractivity contribution in [3.05, 3.63) is 54.1 Å². The molecule has 0 aromatic heterocycles. The summed E-state index contributed by atoms with van der Waals surface area (Å²) in [5, 5.41) is 2.86. The highest BCUT2D eigenvalue weighted by atomic mass is 32.2. The van der Waals surface area contributed by atoms with E-state index in [1.165, 1.54) is 24.9 Å². The van der Waals surface area contributed by atoms with Gasteiger partial charge in [0.2, 0.25) is 15.9 Å². The second kappa shape index (κ2) is 10.0. The lowest BCUT2D eigenvalue weighted by Crippen LogP contribution is -2.47. The normalized spacial score (nSPS) is 15.3. The minimum absolute atomic E-state index is 0.337. The average Bonchev–Trinajstić information content (AvgIpc) is 2.78. The molecule has 0 radical (unpaired) electrons. The first-order chi connectivity index (χ1) is 14.8. The lowest BCUT2D eigenvalue weighted by Gasteiger charge is -2.29. The average molecular weight is 446 g/mol. The van der Waals surface area contributed by atoms with Crippen LogP contribution in [-0.2, 0) is 21.4 Å². The maximum Gasteiger partial charge on any atom is 0.243 e. The Morgan fingerprint density at radius 1 is 1.06 bits per heavy atom. The summed E-state index contributed by atoms with van der Waals surface area (Å²) < 4.78 is 31.1. The van der Waals surface area contributed by atoms with E-state index in [4.69, 9.17) is 4.74 Å². The molecule has 2 aromatic carbocycles.